The molecule has 0 heterocycles. The molecule has 12 aliphatic rings. The van der Waals surface area contributed by atoms with Gasteiger partial charge in [0.2, 0.25) is 0 Å². The standard InChI is InChI=1S/C31H46/c1-18-8-26-10-19(1)11-27(9-18)28(26)29(30-12-20-2-21(13-30)4-22(3-20)14-30)31-15-23-5-24(16-31)7-25(6-23)17-31/h18-29H,1-17H2/i12T2,15T2,20T,23T,26T,27T,28T. The van der Waals surface area contributed by atoms with E-state index in [9.17, 15) is 12.3 Å². The van der Waals surface area contributed by atoms with E-state index in [2.05, 4.69) is 0 Å². The lowest BCUT2D eigenvalue weighted by Gasteiger charge is -2.71. The molecule has 0 N–H and O–H groups in total. The lowest BCUT2D eigenvalue weighted by molar-refractivity contribution is -0.221. The summed E-state index contributed by atoms with van der Waals surface area (Å²) in [6, 6.07) is 0. The fraction of sp³-hybridized carbons (Fsp3) is 1.00. The maximum absolute atomic E-state index is 10.8. The van der Waals surface area contributed by atoms with Crippen LogP contribution in [0.3, 0.4) is 0 Å². The molecular formula is C31H46. The first kappa shape index (κ1) is 12.1. The van der Waals surface area contributed by atoms with Crippen LogP contribution in [-0.2, 0) is 0 Å². The van der Waals surface area contributed by atoms with Gasteiger partial charge in [-0.25, -0.2) is 0 Å². The van der Waals surface area contributed by atoms with E-state index in [1.165, 1.54) is 0 Å². The molecule has 12 bridgehead atoms. The van der Waals surface area contributed by atoms with E-state index in [4.69, 9.17) is 0 Å². The second-order valence-electron chi connectivity index (χ2n) is 14.2. The Morgan fingerprint density at radius 1 is 0.516 bits per heavy atom. The SMILES string of the molecule is [3H]C12CC3CC(C1)CC(C(C14CC5CC(CC([3H])(C5)C1([3H])[3H])C4)C1([3H])C4([3H])CC5CC(C4)CC1([3H])C5)(C3)C2([3H])[3H]. The smallest absolute Gasteiger partial charge is 0.0312 e. The predicted molar refractivity (Wildman–Crippen MR) is 125 cm³/mol. The van der Waals surface area contributed by atoms with Crippen molar-refractivity contribution in [2.45, 2.75) is 109 Å². The number of hydrogen-bond acceptors (Lipinski definition) is 0. The van der Waals surface area contributed by atoms with Crippen LogP contribution in [0.2, 0.25) is 0 Å². The topological polar surface area (TPSA) is 0 Å². The van der Waals surface area contributed by atoms with Crippen LogP contribution in [-0.4, -0.2) is 0 Å². The third-order valence-electron chi connectivity index (χ3n) is 11.9. The van der Waals surface area contributed by atoms with Gasteiger partial charge in [0, 0.05) is 12.3 Å². The Balaban J connectivity index is 1.35. The van der Waals surface area contributed by atoms with Gasteiger partial charge in [0.1, 0.15) is 0 Å². The van der Waals surface area contributed by atoms with Gasteiger partial charge in [-0.15, -0.1) is 0 Å². The fourth-order valence-electron chi connectivity index (χ4n) is 12.1. The first-order valence-corrected chi connectivity index (χ1v) is 14.0. The highest BCUT2D eigenvalue weighted by atomic mass is 14.7. The summed E-state index contributed by atoms with van der Waals surface area (Å²) in [7, 11) is 0. The lowest BCUT2D eigenvalue weighted by atomic mass is 9.33. The van der Waals surface area contributed by atoms with Crippen LogP contribution in [0.15, 0.2) is 0 Å². The Morgan fingerprint density at radius 3 is 1.32 bits per heavy atom. The summed E-state index contributed by atoms with van der Waals surface area (Å²) < 4.78 is 90.0. The second-order valence-corrected chi connectivity index (χ2v) is 14.2. The van der Waals surface area contributed by atoms with Crippen molar-refractivity contribution >= 4 is 0 Å². The molecule has 12 aliphatic carbocycles. The van der Waals surface area contributed by atoms with Gasteiger partial charge in [0.05, 0.1) is 0 Å². The minimum Gasteiger partial charge on any atom is -0.0475 e. The van der Waals surface area contributed by atoms with Crippen molar-refractivity contribution < 1.29 is 12.3 Å². The van der Waals surface area contributed by atoms with Crippen LogP contribution in [0, 0.1) is 81.7 Å². The van der Waals surface area contributed by atoms with Gasteiger partial charge in [-0.05, 0) is 191 Å². The van der Waals surface area contributed by atoms with Crippen LogP contribution in [0.5, 0.6) is 0 Å². The zero-order valence-corrected chi connectivity index (χ0v) is 19.1. The van der Waals surface area contributed by atoms with Crippen LogP contribution in [0.4, 0.5) is 0 Å². The van der Waals surface area contributed by atoms with Crippen molar-refractivity contribution in [2.24, 2.45) is 81.7 Å². The Bertz CT molecular complexity index is 1050. The van der Waals surface area contributed by atoms with Crippen molar-refractivity contribution in [3.63, 3.8) is 0 Å². The highest BCUT2D eigenvalue weighted by Crippen LogP contribution is 2.75. The minimum atomic E-state index is -1.90. The van der Waals surface area contributed by atoms with E-state index < -0.39 is 59.0 Å². The Labute approximate surface area is 203 Å². The molecule has 0 aliphatic heterocycles. The molecule has 0 aromatic heterocycles. The summed E-state index contributed by atoms with van der Waals surface area (Å²) in [5.41, 5.74) is -2.15. The molecule has 4 atom stereocenters. The zero-order chi connectivity index (χ0) is 28.1. The van der Waals surface area contributed by atoms with Gasteiger partial charge in [-0.2, -0.15) is 0 Å². The molecule has 0 spiro atoms. The second kappa shape index (κ2) is 5.97. The molecule has 0 saturated heterocycles. The van der Waals surface area contributed by atoms with Crippen molar-refractivity contribution in [1.82, 2.24) is 0 Å². The Morgan fingerprint density at radius 2 is 0.903 bits per heavy atom. The maximum Gasteiger partial charge on any atom is 0.0312 e. The van der Waals surface area contributed by atoms with Gasteiger partial charge in [-0.3, -0.25) is 0 Å². The third-order valence-corrected chi connectivity index (χ3v) is 11.9. The average molecular weight is 437 g/mol. The van der Waals surface area contributed by atoms with E-state index in [0.29, 0.717) is 77.0 Å². The van der Waals surface area contributed by atoms with Crippen molar-refractivity contribution in [1.29, 1.82) is 0 Å². The first-order valence-electron chi connectivity index (χ1n) is 18.5. The monoisotopic (exact) mass is 436 g/mol. The van der Waals surface area contributed by atoms with Gasteiger partial charge < -0.3 is 0 Å². The van der Waals surface area contributed by atoms with Gasteiger partial charge in [0.15, 0.2) is 0 Å². The molecule has 12 rings (SSSR count). The summed E-state index contributed by atoms with van der Waals surface area (Å²) in [5.74, 6) is -5.85. The normalized spacial score (nSPS) is 85.0. The van der Waals surface area contributed by atoms with Crippen LogP contribution in [0.25, 0.3) is 0 Å². The van der Waals surface area contributed by atoms with Gasteiger partial charge >= 0.3 is 0 Å². The average Bonchev–Trinajstić information content (AvgIpc) is 2.78. The summed E-state index contributed by atoms with van der Waals surface area (Å²) in [5, 5.41) is 0. The molecule has 0 radical (unpaired) electrons. The zero-order valence-electron chi connectivity index (χ0n) is 28.1. The predicted octanol–water partition coefficient (Wildman–Crippen LogP) is 8.11. The Hall–Kier alpha value is 0. The lowest BCUT2D eigenvalue weighted by Crippen LogP contribution is -2.63. The molecule has 170 valence electrons. The Kier molecular flexibility index (Phi) is 2.33. The first-order chi connectivity index (χ1) is 18.5. The summed E-state index contributed by atoms with van der Waals surface area (Å²) in [6.07, 6.45) is 6.11. The molecule has 0 aromatic rings. The van der Waals surface area contributed by atoms with E-state index in [1.54, 1.807) is 0 Å². The minimum absolute atomic E-state index is 0.213. The number of rotatable bonds is 3. The fourth-order valence-corrected chi connectivity index (χ4v) is 12.1. The molecule has 12 fully saturated rings. The summed E-state index contributed by atoms with van der Waals surface area (Å²) in [6.45, 7) is 0. The van der Waals surface area contributed by atoms with Crippen LogP contribution >= 0.6 is 0 Å². The van der Waals surface area contributed by atoms with Crippen molar-refractivity contribution in [3.05, 3.63) is 0 Å². The summed E-state index contributed by atoms with van der Waals surface area (Å²) in [4.78, 5) is 0. The van der Waals surface area contributed by atoms with Gasteiger partial charge in [0.25, 0.3) is 0 Å². The largest absolute Gasteiger partial charge is 0.0475 e. The molecule has 31 heavy (non-hydrogen) atoms. The van der Waals surface area contributed by atoms with E-state index in [0.717, 1.165) is 19.3 Å². The highest BCUT2D eigenvalue weighted by molar-refractivity contribution is 5.16. The van der Waals surface area contributed by atoms with E-state index in [1.807, 2.05) is 0 Å². The molecule has 0 heteroatoms. The van der Waals surface area contributed by atoms with Crippen LogP contribution in [0.1, 0.15) is 121 Å². The highest BCUT2D eigenvalue weighted by Gasteiger charge is 2.67. The number of hydrogen-bond donors (Lipinski definition) is 0. The molecule has 12 saturated carbocycles. The van der Waals surface area contributed by atoms with Crippen LogP contribution < -0.4 is 0 Å². The summed E-state index contributed by atoms with van der Waals surface area (Å²) >= 11 is 0. The maximum atomic E-state index is 10.8. The quantitative estimate of drug-likeness (QED) is 0.419. The van der Waals surface area contributed by atoms with Crippen molar-refractivity contribution in [3.8, 4) is 0 Å². The molecular weight excluding hydrogens is 372 g/mol. The van der Waals surface area contributed by atoms with Gasteiger partial charge in [-0.1, -0.05) is 0 Å². The molecule has 4 unspecified atom stereocenters. The van der Waals surface area contributed by atoms with E-state index in [-0.39, 0.29) is 35.5 Å². The molecule has 0 nitrogen and oxygen atoms in total. The molecule has 0 aromatic carbocycles. The third kappa shape index (κ3) is 2.45. The van der Waals surface area contributed by atoms with Crippen molar-refractivity contribution in [2.75, 3.05) is 0 Å². The van der Waals surface area contributed by atoms with E-state index >= 15 is 0 Å². The molecule has 0 amide bonds.